The molecule has 1 rings (SSSR count). The maximum atomic E-state index is 9.74. The molecule has 2 N–H and O–H groups in total. The molecule has 1 aromatic rings. The minimum atomic E-state index is -0.496. The van der Waals surface area contributed by atoms with Gasteiger partial charge in [0.05, 0.1) is 32.0 Å². The predicted molar refractivity (Wildman–Crippen MR) is 83.8 cm³/mol. The Kier molecular flexibility index (Phi) is 9.05. The molecular formula is C15H24BrNO3. The molecule has 4 nitrogen and oxygen atoms in total. The second kappa shape index (κ2) is 10.3. The summed E-state index contributed by atoms with van der Waals surface area (Å²) in [5.41, 5.74) is 1.19. The Labute approximate surface area is 129 Å². The highest BCUT2D eigenvalue weighted by molar-refractivity contribution is 9.10. The van der Waals surface area contributed by atoms with E-state index >= 15 is 0 Å². The van der Waals surface area contributed by atoms with Gasteiger partial charge in [-0.25, -0.2) is 0 Å². The van der Waals surface area contributed by atoms with Gasteiger partial charge in [0.25, 0.3) is 0 Å². The molecule has 0 heterocycles. The summed E-state index contributed by atoms with van der Waals surface area (Å²) in [6.45, 7) is 6.64. The second-order valence-corrected chi connectivity index (χ2v) is 5.82. The van der Waals surface area contributed by atoms with Crippen LogP contribution >= 0.6 is 15.9 Å². The van der Waals surface area contributed by atoms with Crippen LogP contribution in [0.1, 0.15) is 19.4 Å². The first kappa shape index (κ1) is 17.6. The Morgan fingerprint density at radius 2 is 1.90 bits per heavy atom. The average Bonchev–Trinajstić information content (AvgIpc) is 2.40. The van der Waals surface area contributed by atoms with Crippen LogP contribution in [0.15, 0.2) is 28.7 Å². The average molecular weight is 346 g/mol. The molecule has 0 amide bonds. The maximum Gasteiger partial charge on any atom is 0.0897 e. The number of aliphatic hydroxyl groups excluding tert-OH is 1. The van der Waals surface area contributed by atoms with Crippen molar-refractivity contribution in [3.05, 3.63) is 34.3 Å². The smallest absolute Gasteiger partial charge is 0.0897 e. The molecule has 0 radical (unpaired) electrons. The van der Waals surface area contributed by atoms with Gasteiger partial charge in [0, 0.05) is 17.6 Å². The van der Waals surface area contributed by atoms with E-state index in [0.29, 0.717) is 26.4 Å². The van der Waals surface area contributed by atoms with Crippen LogP contribution in [-0.2, 0) is 16.0 Å². The molecule has 0 aliphatic carbocycles. The molecule has 0 aliphatic rings. The van der Waals surface area contributed by atoms with Gasteiger partial charge in [-0.2, -0.15) is 0 Å². The molecule has 114 valence electrons. The van der Waals surface area contributed by atoms with Crippen molar-refractivity contribution in [1.29, 1.82) is 0 Å². The molecule has 5 heteroatoms. The van der Waals surface area contributed by atoms with Crippen LogP contribution in [0, 0.1) is 0 Å². The number of aliphatic hydroxyl groups is 1. The van der Waals surface area contributed by atoms with E-state index in [4.69, 9.17) is 9.47 Å². The molecule has 0 spiro atoms. The van der Waals surface area contributed by atoms with Gasteiger partial charge in [-0.1, -0.05) is 28.1 Å². The molecule has 0 bridgehead atoms. The van der Waals surface area contributed by atoms with E-state index in [1.165, 1.54) is 5.56 Å². The number of rotatable bonds is 10. The van der Waals surface area contributed by atoms with Crippen LogP contribution in [0.2, 0.25) is 0 Å². The van der Waals surface area contributed by atoms with Crippen molar-refractivity contribution in [2.45, 2.75) is 32.6 Å². The quantitative estimate of drug-likeness (QED) is 0.639. The van der Waals surface area contributed by atoms with Crippen LogP contribution in [0.4, 0.5) is 0 Å². The highest BCUT2D eigenvalue weighted by Gasteiger charge is 2.04. The van der Waals surface area contributed by atoms with Crippen LogP contribution in [0.3, 0.4) is 0 Å². The highest BCUT2D eigenvalue weighted by Crippen LogP contribution is 2.10. The molecule has 20 heavy (non-hydrogen) atoms. The van der Waals surface area contributed by atoms with Crippen LogP contribution in [0.25, 0.3) is 0 Å². The van der Waals surface area contributed by atoms with E-state index in [2.05, 4.69) is 21.2 Å². The lowest BCUT2D eigenvalue weighted by atomic mass is 10.2. The Morgan fingerprint density at radius 1 is 1.20 bits per heavy atom. The minimum Gasteiger partial charge on any atom is -0.389 e. The van der Waals surface area contributed by atoms with E-state index < -0.39 is 6.10 Å². The van der Waals surface area contributed by atoms with E-state index in [0.717, 1.165) is 11.0 Å². The van der Waals surface area contributed by atoms with E-state index in [-0.39, 0.29) is 6.10 Å². The van der Waals surface area contributed by atoms with Gasteiger partial charge in [-0.05, 0) is 31.5 Å². The Morgan fingerprint density at radius 3 is 2.55 bits per heavy atom. The van der Waals surface area contributed by atoms with Gasteiger partial charge in [-0.15, -0.1) is 0 Å². The van der Waals surface area contributed by atoms with Crippen LogP contribution < -0.4 is 5.32 Å². The highest BCUT2D eigenvalue weighted by atomic mass is 79.9. The number of nitrogens with one attached hydrogen (secondary N) is 1. The fourth-order valence-electron chi connectivity index (χ4n) is 1.61. The number of halogens is 1. The SMILES string of the molecule is CC(C)OCCOCC(O)CNCc1ccc(Br)cc1. The van der Waals surface area contributed by atoms with Crippen molar-refractivity contribution < 1.29 is 14.6 Å². The van der Waals surface area contributed by atoms with E-state index in [1.807, 2.05) is 38.1 Å². The summed E-state index contributed by atoms with van der Waals surface area (Å²) in [5, 5.41) is 12.9. The maximum absolute atomic E-state index is 9.74. The monoisotopic (exact) mass is 345 g/mol. The lowest BCUT2D eigenvalue weighted by molar-refractivity contribution is -0.0100. The van der Waals surface area contributed by atoms with Gasteiger partial charge in [0.2, 0.25) is 0 Å². The third kappa shape index (κ3) is 8.66. The van der Waals surface area contributed by atoms with Crippen LogP contribution in [-0.4, -0.2) is 43.7 Å². The number of hydrogen-bond donors (Lipinski definition) is 2. The molecule has 0 saturated heterocycles. The normalized spacial score (nSPS) is 12.8. The molecule has 0 fully saturated rings. The van der Waals surface area contributed by atoms with Crippen molar-refractivity contribution in [2.24, 2.45) is 0 Å². The van der Waals surface area contributed by atoms with Gasteiger partial charge in [0.15, 0.2) is 0 Å². The molecule has 1 unspecified atom stereocenters. The summed E-state index contributed by atoms with van der Waals surface area (Å²) in [7, 11) is 0. The Bertz CT molecular complexity index is 357. The third-order valence-electron chi connectivity index (χ3n) is 2.61. The zero-order chi connectivity index (χ0) is 14.8. The summed E-state index contributed by atoms with van der Waals surface area (Å²) in [6.07, 6.45) is -0.277. The number of ether oxygens (including phenoxy) is 2. The summed E-state index contributed by atoms with van der Waals surface area (Å²) >= 11 is 3.40. The van der Waals surface area contributed by atoms with Crippen molar-refractivity contribution in [3.8, 4) is 0 Å². The van der Waals surface area contributed by atoms with Gasteiger partial charge in [-0.3, -0.25) is 0 Å². The summed E-state index contributed by atoms with van der Waals surface area (Å²) < 4.78 is 11.8. The largest absolute Gasteiger partial charge is 0.389 e. The fraction of sp³-hybridized carbons (Fsp3) is 0.600. The van der Waals surface area contributed by atoms with Crippen molar-refractivity contribution in [2.75, 3.05) is 26.4 Å². The van der Waals surface area contributed by atoms with E-state index in [1.54, 1.807) is 0 Å². The second-order valence-electron chi connectivity index (χ2n) is 4.91. The lowest BCUT2D eigenvalue weighted by Gasteiger charge is -2.13. The Hall–Kier alpha value is -0.460. The van der Waals surface area contributed by atoms with Crippen molar-refractivity contribution in [1.82, 2.24) is 5.32 Å². The van der Waals surface area contributed by atoms with Crippen molar-refractivity contribution >= 4 is 15.9 Å². The van der Waals surface area contributed by atoms with E-state index in [9.17, 15) is 5.11 Å². The van der Waals surface area contributed by atoms with Gasteiger partial charge >= 0.3 is 0 Å². The Balaban J connectivity index is 2.02. The topological polar surface area (TPSA) is 50.7 Å². The van der Waals surface area contributed by atoms with Gasteiger partial charge < -0.3 is 19.9 Å². The van der Waals surface area contributed by atoms with Crippen molar-refractivity contribution in [3.63, 3.8) is 0 Å². The first-order chi connectivity index (χ1) is 9.58. The first-order valence-electron chi connectivity index (χ1n) is 6.90. The molecule has 0 aromatic heterocycles. The lowest BCUT2D eigenvalue weighted by Crippen LogP contribution is -2.30. The standard InChI is InChI=1S/C15H24BrNO3/c1-12(2)20-8-7-19-11-15(18)10-17-9-13-3-5-14(16)6-4-13/h3-6,12,15,17-18H,7-11H2,1-2H3. The summed E-state index contributed by atoms with van der Waals surface area (Å²) in [5.74, 6) is 0. The molecule has 1 atom stereocenters. The number of benzene rings is 1. The summed E-state index contributed by atoms with van der Waals surface area (Å²) in [4.78, 5) is 0. The first-order valence-corrected chi connectivity index (χ1v) is 7.70. The number of hydrogen-bond acceptors (Lipinski definition) is 4. The third-order valence-corrected chi connectivity index (χ3v) is 3.14. The molecule has 0 saturated carbocycles. The minimum absolute atomic E-state index is 0.219. The fourth-order valence-corrected chi connectivity index (χ4v) is 1.87. The predicted octanol–water partition coefficient (Wildman–Crippen LogP) is 2.34. The molecule has 1 aromatic carbocycles. The zero-order valence-corrected chi connectivity index (χ0v) is 13.7. The molecular weight excluding hydrogens is 322 g/mol. The molecule has 0 aliphatic heterocycles. The zero-order valence-electron chi connectivity index (χ0n) is 12.1. The van der Waals surface area contributed by atoms with Gasteiger partial charge in [0.1, 0.15) is 0 Å². The van der Waals surface area contributed by atoms with Crippen LogP contribution in [0.5, 0.6) is 0 Å². The summed E-state index contributed by atoms with van der Waals surface area (Å²) in [6, 6.07) is 8.10.